The molecule has 8 nitrogen and oxygen atoms in total. The first-order valence-electron chi connectivity index (χ1n) is 7.09. The van der Waals surface area contributed by atoms with Crippen molar-refractivity contribution in [2.45, 2.75) is 31.7 Å². The predicted molar refractivity (Wildman–Crippen MR) is 82.3 cm³/mol. The van der Waals surface area contributed by atoms with Crippen LogP contribution in [0.5, 0.6) is 0 Å². The van der Waals surface area contributed by atoms with Crippen molar-refractivity contribution in [1.82, 2.24) is 19.9 Å². The molecule has 118 valence electrons. The van der Waals surface area contributed by atoms with Crippen LogP contribution in [-0.4, -0.2) is 41.4 Å². The number of aromatic amines is 1. The number of rotatable bonds is 4. The fourth-order valence-corrected chi connectivity index (χ4v) is 3.57. The van der Waals surface area contributed by atoms with Gasteiger partial charge in [-0.3, -0.25) is 4.72 Å². The van der Waals surface area contributed by atoms with E-state index in [4.69, 9.17) is 0 Å². The average molecular weight is 322 g/mol. The fourth-order valence-electron chi connectivity index (χ4n) is 2.48. The summed E-state index contributed by atoms with van der Waals surface area (Å²) in [4.78, 5) is 17.3. The molecular formula is C13H18N6O2S. The molecular weight excluding hydrogens is 304 g/mol. The monoisotopic (exact) mass is 322 g/mol. The second kappa shape index (κ2) is 5.56. The first-order chi connectivity index (χ1) is 10.5. The summed E-state index contributed by atoms with van der Waals surface area (Å²) in [5.41, 5.74) is 1.63. The zero-order chi connectivity index (χ0) is 15.7. The first-order valence-corrected chi connectivity index (χ1v) is 8.57. The number of H-pyrrole nitrogens is 1. The minimum absolute atomic E-state index is 0.00918. The predicted octanol–water partition coefficient (Wildman–Crippen LogP) is 1.22. The zero-order valence-corrected chi connectivity index (χ0v) is 13.3. The van der Waals surface area contributed by atoms with Gasteiger partial charge >= 0.3 is 0 Å². The Kier molecular flexibility index (Phi) is 3.73. The van der Waals surface area contributed by atoms with Gasteiger partial charge in [0, 0.05) is 13.1 Å². The van der Waals surface area contributed by atoms with Crippen molar-refractivity contribution in [1.29, 1.82) is 0 Å². The summed E-state index contributed by atoms with van der Waals surface area (Å²) in [5, 5.41) is 0.00918. The molecule has 0 radical (unpaired) electrons. The summed E-state index contributed by atoms with van der Waals surface area (Å²) >= 11 is 0. The topological polar surface area (TPSA) is 104 Å². The smallest absolute Gasteiger partial charge is 0.279 e. The van der Waals surface area contributed by atoms with Crippen LogP contribution in [-0.2, 0) is 10.0 Å². The number of nitrogens with one attached hydrogen (secondary N) is 2. The number of nitrogens with zero attached hydrogens (tertiary/aromatic N) is 4. The largest absolute Gasteiger partial charge is 0.341 e. The molecule has 0 aromatic carbocycles. The van der Waals surface area contributed by atoms with E-state index in [0.717, 1.165) is 25.9 Å². The molecule has 1 aliphatic heterocycles. The van der Waals surface area contributed by atoms with Crippen molar-refractivity contribution in [2.24, 2.45) is 0 Å². The standard InChI is InChI=1S/C13H18N6O2S/c1-9-12(18-22(20,21)11-7-14-8-15-11)10(2)17-13(16-9)19-5-3-4-6-19/h7-8,18H,3-6H2,1-2H3,(H,14,15). The lowest BCUT2D eigenvalue weighted by Crippen LogP contribution is -2.22. The number of sulfonamides is 1. The van der Waals surface area contributed by atoms with Crippen LogP contribution in [0.25, 0.3) is 0 Å². The van der Waals surface area contributed by atoms with Gasteiger partial charge in [-0.15, -0.1) is 0 Å². The van der Waals surface area contributed by atoms with Crippen LogP contribution in [0, 0.1) is 13.8 Å². The summed E-state index contributed by atoms with van der Waals surface area (Å²) in [6.07, 6.45) is 4.85. The maximum Gasteiger partial charge on any atom is 0.279 e. The maximum absolute atomic E-state index is 12.3. The van der Waals surface area contributed by atoms with Gasteiger partial charge in [-0.05, 0) is 26.7 Å². The Bertz CT molecular complexity index is 743. The van der Waals surface area contributed by atoms with E-state index in [-0.39, 0.29) is 5.03 Å². The van der Waals surface area contributed by atoms with E-state index in [1.807, 2.05) is 0 Å². The SMILES string of the molecule is Cc1nc(N2CCCC2)nc(C)c1NS(=O)(=O)c1cnc[nH]1. The normalized spacial score (nSPS) is 15.3. The van der Waals surface area contributed by atoms with E-state index in [1.54, 1.807) is 13.8 Å². The Labute approximate surface area is 129 Å². The number of aryl methyl sites for hydroxylation is 2. The van der Waals surface area contributed by atoms with Crippen molar-refractivity contribution in [2.75, 3.05) is 22.7 Å². The Morgan fingerprint density at radius 3 is 2.36 bits per heavy atom. The lowest BCUT2D eigenvalue weighted by atomic mass is 10.3. The molecule has 3 heterocycles. The highest BCUT2D eigenvalue weighted by Gasteiger charge is 2.21. The van der Waals surface area contributed by atoms with E-state index < -0.39 is 10.0 Å². The lowest BCUT2D eigenvalue weighted by molar-refractivity contribution is 0.598. The van der Waals surface area contributed by atoms with Crippen LogP contribution in [0.3, 0.4) is 0 Å². The molecule has 3 rings (SSSR count). The molecule has 9 heteroatoms. The number of hydrogen-bond donors (Lipinski definition) is 2. The van der Waals surface area contributed by atoms with Gasteiger partial charge in [0.2, 0.25) is 5.95 Å². The van der Waals surface area contributed by atoms with E-state index in [2.05, 4.69) is 29.6 Å². The van der Waals surface area contributed by atoms with Crippen LogP contribution >= 0.6 is 0 Å². The third kappa shape index (κ3) is 2.76. The van der Waals surface area contributed by atoms with E-state index >= 15 is 0 Å². The molecule has 0 aliphatic carbocycles. The highest BCUT2D eigenvalue weighted by Crippen LogP contribution is 2.24. The van der Waals surface area contributed by atoms with Crippen molar-refractivity contribution >= 4 is 21.7 Å². The number of hydrogen-bond acceptors (Lipinski definition) is 6. The van der Waals surface area contributed by atoms with Crippen LogP contribution in [0.2, 0.25) is 0 Å². The second-order valence-electron chi connectivity index (χ2n) is 5.28. The minimum Gasteiger partial charge on any atom is -0.341 e. The van der Waals surface area contributed by atoms with E-state index in [1.165, 1.54) is 12.5 Å². The number of anilines is 2. The van der Waals surface area contributed by atoms with E-state index in [9.17, 15) is 8.42 Å². The first kappa shape index (κ1) is 14.8. The molecule has 0 amide bonds. The van der Waals surface area contributed by atoms with Crippen LogP contribution in [0.4, 0.5) is 11.6 Å². The molecule has 0 spiro atoms. The van der Waals surface area contributed by atoms with Crippen molar-refractivity contribution in [3.63, 3.8) is 0 Å². The molecule has 0 atom stereocenters. The summed E-state index contributed by atoms with van der Waals surface area (Å²) in [5.74, 6) is 0.664. The van der Waals surface area contributed by atoms with Gasteiger partial charge in [-0.25, -0.2) is 15.0 Å². The van der Waals surface area contributed by atoms with Crippen molar-refractivity contribution in [3.05, 3.63) is 23.9 Å². The molecule has 2 aromatic rings. The third-order valence-electron chi connectivity index (χ3n) is 3.65. The average Bonchev–Trinajstić information content (AvgIpc) is 3.14. The van der Waals surface area contributed by atoms with E-state index in [0.29, 0.717) is 23.0 Å². The molecule has 0 saturated carbocycles. The van der Waals surface area contributed by atoms with Gasteiger partial charge in [0.25, 0.3) is 10.0 Å². The maximum atomic E-state index is 12.3. The Morgan fingerprint density at radius 1 is 1.18 bits per heavy atom. The molecule has 0 unspecified atom stereocenters. The van der Waals surface area contributed by atoms with Gasteiger partial charge < -0.3 is 9.88 Å². The van der Waals surface area contributed by atoms with Gasteiger partial charge in [0.15, 0.2) is 5.03 Å². The molecule has 22 heavy (non-hydrogen) atoms. The number of imidazole rings is 1. The summed E-state index contributed by atoms with van der Waals surface area (Å²) in [6.45, 7) is 5.44. The Balaban J connectivity index is 1.91. The zero-order valence-electron chi connectivity index (χ0n) is 12.5. The van der Waals surface area contributed by atoms with Crippen LogP contribution in [0.1, 0.15) is 24.2 Å². The van der Waals surface area contributed by atoms with Crippen LogP contribution in [0.15, 0.2) is 17.6 Å². The fraction of sp³-hybridized carbons (Fsp3) is 0.462. The molecule has 2 N–H and O–H groups in total. The molecule has 1 aliphatic rings. The molecule has 0 bridgehead atoms. The van der Waals surface area contributed by atoms with Gasteiger partial charge in [-0.1, -0.05) is 0 Å². The van der Waals surface area contributed by atoms with Gasteiger partial charge in [0.05, 0.1) is 29.6 Å². The van der Waals surface area contributed by atoms with Crippen molar-refractivity contribution in [3.8, 4) is 0 Å². The minimum atomic E-state index is -3.71. The van der Waals surface area contributed by atoms with Gasteiger partial charge in [-0.2, -0.15) is 8.42 Å². The van der Waals surface area contributed by atoms with Gasteiger partial charge in [0.1, 0.15) is 0 Å². The third-order valence-corrected chi connectivity index (χ3v) is 4.92. The Hall–Kier alpha value is -2.16. The summed E-state index contributed by atoms with van der Waals surface area (Å²) in [6, 6.07) is 0. The number of aromatic nitrogens is 4. The Morgan fingerprint density at radius 2 is 1.82 bits per heavy atom. The summed E-state index contributed by atoms with van der Waals surface area (Å²) < 4.78 is 27.1. The molecule has 1 saturated heterocycles. The highest BCUT2D eigenvalue weighted by molar-refractivity contribution is 7.92. The molecule has 2 aromatic heterocycles. The van der Waals surface area contributed by atoms with Crippen LogP contribution < -0.4 is 9.62 Å². The molecule has 1 fully saturated rings. The van der Waals surface area contributed by atoms with Crippen molar-refractivity contribution < 1.29 is 8.42 Å². The lowest BCUT2D eigenvalue weighted by Gasteiger charge is -2.18. The highest BCUT2D eigenvalue weighted by atomic mass is 32.2. The second-order valence-corrected chi connectivity index (χ2v) is 6.94. The quantitative estimate of drug-likeness (QED) is 0.877. The summed E-state index contributed by atoms with van der Waals surface area (Å²) in [7, 11) is -3.71.